The van der Waals surface area contributed by atoms with Crippen LogP contribution in [0.1, 0.15) is 13.8 Å². The first-order valence-electron chi connectivity index (χ1n) is 3.37. The van der Waals surface area contributed by atoms with Gasteiger partial charge in [0.25, 0.3) is 0 Å². The summed E-state index contributed by atoms with van der Waals surface area (Å²) in [4.78, 5) is 10.6. The van der Waals surface area contributed by atoms with Crippen LogP contribution >= 0.6 is 23.5 Å². The summed E-state index contributed by atoms with van der Waals surface area (Å²) < 4.78 is -0.629. The molecule has 1 N–H and O–H groups in total. The minimum Gasteiger partial charge on any atom is -0.480 e. The van der Waals surface area contributed by atoms with E-state index in [0.29, 0.717) is 0 Å². The number of carboxylic acids is 1. The van der Waals surface area contributed by atoms with Gasteiger partial charge in [0.2, 0.25) is 0 Å². The molecule has 0 aliphatic carbocycles. The van der Waals surface area contributed by atoms with Crippen molar-refractivity contribution in [2.45, 2.75) is 18.6 Å². The van der Waals surface area contributed by atoms with Gasteiger partial charge in [0, 0.05) is 11.5 Å². The summed E-state index contributed by atoms with van der Waals surface area (Å²) >= 11 is 3.23. The number of carboxylic acid groups (broad SMARTS) is 1. The summed E-state index contributed by atoms with van der Waals surface area (Å²) in [5, 5.41) is 8.71. The first-order chi connectivity index (χ1) is 5.00. The van der Waals surface area contributed by atoms with Crippen LogP contribution in [0.5, 0.6) is 0 Å². The smallest absolute Gasteiger partial charge is 0.319 e. The van der Waals surface area contributed by atoms with Gasteiger partial charge in [-0.2, -0.15) is 11.8 Å². The monoisotopic (exact) mass is 194 g/mol. The Hall–Kier alpha value is 0.170. The molecule has 0 radical (unpaired) electrons. The van der Waals surface area contributed by atoms with Crippen LogP contribution in [0.4, 0.5) is 0 Å². The van der Waals surface area contributed by atoms with E-state index in [2.05, 4.69) is 0 Å². The predicted molar refractivity (Wildman–Crippen MR) is 52.6 cm³/mol. The highest BCUT2D eigenvalue weighted by Crippen LogP contribution is 2.24. The van der Waals surface area contributed by atoms with Crippen LogP contribution in [0.25, 0.3) is 0 Å². The first-order valence-corrected chi connectivity index (χ1v) is 5.75. The summed E-state index contributed by atoms with van der Waals surface area (Å²) in [7, 11) is 0. The third kappa shape index (κ3) is 4.58. The third-order valence-electron chi connectivity index (χ3n) is 1.27. The lowest BCUT2D eigenvalue weighted by molar-refractivity contribution is -0.138. The predicted octanol–water partition coefficient (Wildman–Crippen LogP) is 1.95. The topological polar surface area (TPSA) is 37.3 Å². The van der Waals surface area contributed by atoms with Gasteiger partial charge in [-0.3, -0.25) is 4.79 Å². The normalized spacial score (nSPS) is 11.5. The van der Waals surface area contributed by atoms with Crippen molar-refractivity contribution < 1.29 is 9.90 Å². The Morgan fingerprint density at radius 2 is 2.00 bits per heavy atom. The zero-order chi connectivity index (χ0) is 8.91. The second kappa shape index (κ2) is 4.93. The van der Waals surface area contributed by atoms with Crippen molar-refractivity contribution in [1.82, 2.24) is 0 Å². The van der Waals surface area contributed by atoms with E-state index in [4.69, 9.17) is 5.11 Å². The van der Waals surface area contributed by atoms with Crippen molar-refractivity contribution in [2.75, 3.05) is 17.8 Å². The van der Waals surface area contributed by atoms with E-state index in [0.717, 1.165) is 11.5 Å². The lowest BCUT2D eigenvalue weighted by Crippen LogP contribution is -2.27. The van der Waals surface area contributed by atoms with Crippen molar-refractivity contribution in [3.63, 3.8) is 0 Å². The molecular formula is C7H14O2S2. The number of hydrogen-bond acceptors (Lipinski definition) is 3. The van der Waals surface area contributed by atoms with E-state index in [1.807, 2.05) is 6.26 Å². The Labute approximate surface area is 76.1 Å². The minimum absolute atomic E-state index is 0.629. The maximum atomic E-state index is 10.6. The van der Waals surface area contributed by atoms with Crippen LogP contribution in [-0.4, -0.2) is 33.6 Å². The standard InChI is InChI=1S/C7H14O2S2/c1-7(2,6(8)9)11-5-4-10-3/h4-5H2,1-3H3,(H,8,9). The minimum atomic E-state index is -0.733. The van der Waals surface area contributed by atoms with Gasteiger partial charge in [-0.25, -0.2) is 0 Å². The second-order valence-electron chi connectivity index (χ2n) is 2.66. The molecule has 0 fully saturated rings. The van der Waals surface area contributed by atoms with Crippen molar-refractivity contribution in [3.05, 3.63) is 0 Å². The third-order valence-corrected chi connectivity index (χ3v) is 3.44. The molecule has 0 atom stereocenters. The van der Waals surface area contributed by atoms with Gasteiger partial charge in [0.15, 0.2) is 0 Å². The van der Waals surface area contributed by atoms with Gasteiger partial charge < -0.3 is 5.11 Å². The molecule has 0 rings (SSSR count). The quantitative estimate of drug-likeness (QED) is 0.679. The molecule has 66 valence electrons. The Bertz CT molecular complexity index is 134. The molecule has 0 spiro atoms. The molecule has 0 bridgehead atoms. The van der Waals surface area contributed by atoms with Gasteiger partial charge in [0.1, 0.15) is 4.75 Å². The number of hydrogen-bond donors (Lipinski definition) is 1. The zero-order valence-electron chi connectivity index (χ0n) is 7.09. The highest BCUT2D eigenvalue weighted by Gasteiger charge is 2.26. The average Bonchev–Trinajstić information content (AvgIpc) is 1.88. The van der Waals surface area contributed by atoms with Crippen LogP contribution < -0.4 is 0 Å². The number of rotatable bonds is 5. The SMILES string of the molecule is CSCCSC(C)(C)C(=O)O. The Balaban J connectivity index is 3.64. The summed E-state index contributed by atoms with van der Waals surface area (Å²) in [5.74, 6) is 1.19. The van der Waals surface area contributed by atoms with Gasteiger partial charge >= 0.3 is 5.97 Å². The molecule has 0 unspecified atom stereocenters. The number of carbonyl (C=O) groups is 1. The van der Waals surface area contributed by atoms with Crippen molar-refractivity contribution in [3.8, 4) is 0 Å². The van der Waals surface area contributed by atoms with Crippen LogP contribution in [0, 0.1) is 0 Å². The highest BCUT2D eigenvalue weighted by molar-refractivity contribution is 8.03. The molecule has 0 saturated heterocycles. The first kappa shape index (κ1) is 11.2. The van der Waals surface area contributed by atoms with Crippen molar-refractivity contribution >= 4 is 29.5 Å². The van der Waals surface area contributed by atoms with Gasteiger partial charge in [0.05, 0.1) is 0 Å². The molecule has 0 amide bonds. The maximum Gasteiger partial charge on any atom is 0.319 e. The largest absolute Gasteiger partial charge is 0.480 e. The molecular weight excluding hydrogens is 180 g/mol. The lowest BCUT2D eigenvalue weighted by atomic mass is 10.2. The highest BCUT2D eigenvalue weighted by atomic mass is 32.2. The fourth-order valence-corrected chi connectivity index (χ4v) is 2.08. The van der Waals surface area contributed by atoms with Crippen LogP contribution in [0.2, 0.25) is 0 Å². The Morgan fingerprint density at radius 3 is 2.36 bits per heavy atom. The molecule has 0 aromatic carbocycles. The molecule has 4 heteroatoms. The van der Waals surface area contributed by atoms with Crippen LogP contribution in [0.3, 0.4) is 0 Å². The van der Waals surface area contributed by atoms with E-state index in [1.54, 1.807) is 25.6 Å². The molecule has 0 heterocycles. The molecule has 0 aliphatic rings. The number of thioether (sulfide) groups is 2. The van der Waals surface area contributed by atoms with E-state index in [9.17, 15) is 4.79 Å². The van der Waals surface area contributed by atoms with E-state index in [-0.39, 0.29) is 0 Å². The number of aliphatic carboxylic acids is 1. The summed E-state index contributed by atoms with van der Waals surface area (Å²) in [5.41, 5.74) is 0. The Kier molecular flexibility index (Phi) is 5.01. The lowest BCUT2D eigenvalue weighted by Gasteiger charge is -2.17. The zero-order valence-corrected chi connectivity index (χ0v) is 8.72. The molecule has 0 saturated carbocycles. The molecule has 0 aromatic heterocycles. The fourth-order valence-electron chi connectivity index (χ4n) is 0.442. The van der Waals surface area contributed by atoms with Crippen LogP contribution in [-0.2, 0) is 4.79 Å². The van der Waals surface area contributed by atoms with Crippen LogP contribution in [0.15, 0.2) is 0 Å². The molecule has 0 aliphatic heterocycles. The second-order valence-corrected chi connectivity index (χ2v) is 5.36. The molecule has 2 nitrogen and oxygen atoms in total. The molecule has 11 heavy (non-hydrogen) atoms. The van der Waals surface area contributed by atoms with Gasteiger partial charge in [-0.05, 0) is 20.1 Å². The van der Waals surface area contributed by atoms with E-state index in [1.165, 1.54) is 11.8 Å². The van der Waals surface area contributed by atoms with Crippen molar-refractivity contribution in [2.24, 2.45) is 0 Å². The van der Waals surface area contributed by atoms with E-state index < -0.39 is 10.7 Å². The van der Waals surface area contributed by atoms with Gasteiger partial charge in [-0.1, -0.05) is 0 Å². The summed E-state index contributed by atoms with van der Waals surface area (Å²) in [6.07, 6.45) is 2.02. The van der Waals surface area contributed by atoms with Gasteiger partial charge in [-0.15, -0.1) is 11.8 Å². The summed E-state index contributed by atoms with van der Waals surface area (Å²) in [6, 6.07) is 0. The van der Waals surface area contributed by atoms with Crippen molar-refractivity contribution in [1.29, 1.82) is 0 Å². The summed E-state index contributed by atoms with van der Waals surface area (Å²) in [6.45, 7) is 3.47. The fraction of sp³-hybridized carbons (Fsp3) is 0.857. The maximum absolute atomic E-state index is 10.6. The average molecular weight is 194 g/mol. The van der Waals surface area contributed by atoms with E-state index >= 15 is 0 Å². The molecule has 0 aromatic rings. The Morgan fingerprint density at radius 1 is 1.45 bits per heavy atom.